The SMILES string of the molecule is C=CCOC(=O)CC.CC=C(C#N)CCl. The summed E-state index contributed by atoms with van der Waals surface area (Å²) in [5.41, 5.74) is 0.627. The topological polar surface area (TPSA) is 50.1 Å². The van der Waals surface area contributed by atoms with Crippen LogP contribution in [0.2, 0.25) is 0 Å². The van der Waals surface area contributed by atoms with E-state index < -0.39 is 0 Å². The van der Waals surface area contributed by atoms with Gasteiger partial charge in [0.05, 0.1) is 11.9 Å². The lowest BCUT2D eigenvalue weighted by molar-refractivity contribution is -0.141. The molecule has 84 valence electrons. The Kier molecular flexibility index (Phi) is 13.7. The number of halogens is 1. The minimum atomic E-state index is -0.176. The molecule has 0 amide bonds. The number of carbonyl (C=O) groups is 1. The third kappa shape index (κ3) is 12.7. The van der Waals surface area contributed by atoms with Gasteiger partial charge in [-0.05, 0) is 6.92 Å². The van der Waals surface area contributed by atoms with Gasteiger partial charge in [0.15, 0.2) is 0 Å². The van der Waals surface area contributed by atoms with Gasteiger partial charge in [0, 0.05) is 12.0 Å². The van der Waals surface area contributed by atoms with Crippen LogP contribution in [-0.2, 0) is 9.53 Å². The lowest BCUT2D eigenvalue weighted by atomic mass is 10.3. The van der Waals surface area contributed by atoms with Crippen LogP contribution in [0.4, 0.5) is 0 Å². The van der Waals surface area contributed by atoms with Crippen molar-refractivity contribution in [2.24, 2.45) is 0 Å². The van der Waals surface area contributed by atoms with Crippen molar-refractivity contribution < 1.29 is 9.53 Å². The number of alkyl halides is 1. The van der Waals surface area contributed by atoms with Gasteiger partial charge in [0.1, 0.15) is 6.61 Å². The average Bonchev–Trinajstić information content (AvgIpc) is 2.29. The van der Waals surface area contributed by atoms with Gasteiger partial charge in [-0.2, -0.15) is 5.26 Å². The number of allylic oxidation sites excluding steroid dienone is 2. The van der Waals surface area contributed by atoms with E-state index in [4.69, 9.17) is 16.9 Å². The molecular weight excluding hydrogens is 214 g/mol. The molecule has 0 fully saturated rings. The second-order valence-electron chi connectivity index (χ2n) is 2.38. The Balaban J connectivity index is 0. The molecule has 0 aliphatic heterocycles. The van der Waals surface area contributed by atoms with Crippen LogP contribution in [0, 0.1) is 11.3 Å². The monoisotopic (exact) mass is 229 g/mol. The van der Waals surface area contributed by atoms with E-state index in [2.05, 4.69) is 11.3 Å². The van der Waals surface area contributed by atoms with E-state index >= 15 is 0 Å². The standard InChI is InChI=1S/C6H10O2.C5H6ClN/c1-3-5-8-6(7)4-2;1-2-5(3-6)4-7/h3H,1,4-5H2,2H3;2H,3H2,1H3. The summed E-state index contributed by atoms with van der Waals surface area (Å²) < 4.78 is 4.58. The van der Waals surface area contributed by atoms with E-state index in [1.807, 2.05) is 6.07 Å². The lowest BCUT2D eigenvalue weighted by Gasteiger charge is -1.94. The summed E-state index contributed by atoms with van der Waals surface area (Å²) >= 11 is 5.28. The van der Waals surface area contributed by atoms with Crippen LogP contribution in [0.1, 0.15) is 20.3 Å². The fraction of sp³-hybridized carbons (Fsp3) is 0.455. The molecule has 0 N–H and O–H groups in total. The van der Waals surface area contributed by atoms with Crippen LogP contribution < -0.4 is 0 Å². The lowest BCUT2D eigenvalue weighted by Crippen LogP contribution is -2.00. The minimum absolute atomic E-state index is 0.176. The molecule has 0 aliphatic carbocycles. The quantitative estimate of drug-likeness (QED) is 0.322. The van der Waals surface area contributed by atoms with Crippen LogP contribution >= 0.6 is 11.6 Å². The van der Waals surface area contributed by atoms with Crippen LogP contribution in [0.25, 0.3) is 0 Å². The van der Waals surface area contributed by atoms with E-state index in [1.165, 1.54) is 0 Å². The summed E-state index contributed by atoms with van der Waals surface area (Å²) in [4.78, 5) is 10.3. The highest BCUT2D eigenvalue weighted by Gasteiger charge is 1.92. The summed E-state index contributed by atoms with van der Waals surface area (Å²) in [6.45, 7) is 7.26. The van der Waals surface area contributed by atoms with Gasteiger partial charge in [-0.3, -0.25) is 4.79 Å². The maximum absolute atomic E-state index is 10.3. The van der Waals surface area contributed by atoms with E-state index in [1.54, 1.807) is 26.0 Å². The third-order valence-electron chi connectivity index (χ3n) is 1.29. The Labute approximate surface area is 96.0 Å². The van der Waals surface area contributed by atoms with Crippen molar-refractivity contribution in [3.63, 3.8) is 0 Å². The van der Waals surface area contributed by atoms with Gasteiger partial charge in [0.2, 0.25) is 0 Å². The Bertz CT molecular complexity index is 254. The number of ether oxygens (including phenoxy) is 1. The largest absolute Gasteiger partial charge is 0.461 e. The van der Waals surface area contributed by atoms with E-state index in [0.29, 0.717) is 24.5 Å². The molecule has 0 heterocycles. The van der Waals surface area contributed by atoms with Gasteiger partial charge in [-0.1, -0.05) is 25.7 Å². The normalized spacial score (nSPS) is 9.33. The van der Waals surface area contributed by atoms with Crippen molar-refractivity contribution in [3.05, 3.63) is 24.3 Å². The van der Waals surface area contributed by atoms with Gasteiger partial charge in [0.25, 0.3) is 0 Å². The molecule has 0 unspecified atom stereocenters. The predicted molar refractivity (Wildman–Crippen MR) is 61.5 cm³/mol. The van der Waals surface area contributed by atoms with Gasteiger partial charge < -0.3 is 4.74 Å². The highest BCUT2D eigenvalue weighted by atomic mass is 35.5. The zero-order chi connectivity index (χ0) is 12.1. The van der Waals surface area contributed by atoms with E-state index in [-0.39, 0.29) is 5.97 Å². The Hall–Kier alpha value is -1.27. The maximum Gasteiger partial charge on any atom is 0.305 e. The van der Waals surface area contributed by atoms with Crippen molar-refractivity contribution in [1.82, 2.24) is 0 Å². The fourth-order valence-electron chi connectivity index (χ4n) is 0.426. The zero-order valence-corrected chi connectivity index (χ0v) is 9.88. The smallest absolute Gasteiger partial charge is 0.305 e. The number of nitriles is 1. The highest BCUT2D eigenvalue weighted by Crippen LogP contribution is 1.92. The summed E-state index contributed by atoms with van der Waals surface area (Å²) in [6, 6.07) is 1.93. The average molecular weight is 230 g/mol. The molecule has 0 aromatic carbocycles. The van der Waals surface area contributed by atoms with Crippen molar-refractivity contribution in [2.75, 3.05) is 12.5 Å². The second-order valence-corrected chi connectivity index (χ2v) is 2.65. The fourth-order valence-corrected chi connectivity index (χ4v) is 0.640. The molecule has 0 bridgehead atoms. The number of nitrogens with zero attached hydrogens (tertiary/aromatic N) is 1. The molecule has 0 saturated carbocycles. The Morgan fingerprint density at radius 1 is 1.67 bits per heavy atom. The molecule has 0 spiro atoms. The van der Waals surface area contributed by atoms with Crippen molar-refractivity contribution >= 4 is 17.6 Å². The van der Waals surface area contributed by atoms with Crippen molar-refractivity contribution in [2.45, 2.75) is 20.3 Å². The molecule has 0 rings (SSSR count). The molecule has 0 atom stereocenters. The molecule has 3 nitrogen and oxygen atoms in total. The summed E-state index contributed by atoms with van der Waals surface area (Å²) in [5, 5.41) is 8.12. The van der Waals surface area contributed by atoms with E-state index in [9.17, 15) is 4.79 Å². The van der Waals surface area contributed by atoms with Gasteiger partial charge >= 0.3 is 5.97 Å². The molecule has 0 saturated heterocycles. The molecule has 0 radical (unpaired) electrons. The highest BCUT2D eigenvalue weighted by molar-refractivity contribution is 6.19. The maximum atomic E-state index is 10.3. The van der Waals surface area contributed by atoms with Gasteiger partial charge in [-0.25, -0.2) is 0 Å². The predicted octanol–water partition coefficient (Wildman–Crippen LogP) is 2.82. The third-order valence-corrected chi connectivity index (χ3v) is 1.57. The van der Waals surface area contributed by atoms with Crippen LogP contribution in [-0.4, -0.2) is 18.5 Å². The Morgan fingerprint density at radius 2 is 2.27 bits per heavy atom. The van der Waals surface area contributed by atoms with E-state index in [0.717, 1.165) is 0 Å². The van der Waals surface area contributed by atoms with Crippen molar-refractivity contribution in [3.8, 4) is 6.07 Å². The van der Waals surface area contributed by atoms with Crippen LogP contribution in [0.5, 0.6) is 0 Å². The van der Waals surface area contributed by atoms with Crippen LogP contribution in [0.3, 0.4) is 0 Å². The van der Waals surface area contributed by atoms with Crippen LogP contribution in [0.15, 0.2) is 24.3 Å². The molecule has 0 aromatic heterocycles. The first kappa shape index (κ1) is 16.2. The zero-order valence-electron chi connectivity index (χ0n) is 9.12. The first-order valence-electron chi connectivity index (χ1n) is 4.53. The Morgan fingerprint density at radius 3 is 2.47 bits per heavy atom. The number of hydrogen-bond acceptors (Lipinski definition) is 3. The van der Waals surface area contributed by atoms with Gasteiger partial charge in [-0.15, -0.1) is 11.6 Å². The summed E-state index contributed by atoms with van der Waals surface area (Å²) in [5.74, 6) is 0.150. The minimum Gasteiger partial charge on any atom is -0.461 e. The summed E-state index contributed by atoms with van der Waals surface area (Å²) in [7, 11) is 0. The number of carbonyl (C=O) groups excluding carboxylic acids is 1. The molecule has 4 heteroatoms. The number of esters is 1. The molecular formula is C11H16ClNO2. The summed E-state index contributed by atoms with van der Waals surface area (Å²) in [6.07, 6.45) is 3.69. The number of rotatable bonds is 4. The first-order chi connectivity index (χ1) is 7.15. The van der Waals surface area contributed by atoms with Crippen molar-refractivity contribution in [1.29, 1.82) is 5.26 Å². The molecule has 15 heavy (non-hydrogen) atoms. The molecule has 0 aliphatic rings. The number of hydrogen-bond donors (Lipinski definition) is 0. The second kappa shape index (κ2) is 12.7. The first-order valence-corrected chi connectivity index (χ1v) is 5.07. The molecule has 0 aromatic rings.